The molecule has 0 saturated carbocycles. The number of anilines is 2. The molecule has 1 atom stereocenters. The second-order valence-corrected chi connectivity index (χ2v) is 5.52. The summed E-state index contributed by atoms with van der Waals surface area (Å²) in [4.78, 5) is 6.85. The number of hydrogen-bond acceptors (Lipinski definition) is 5. The molecule has 1 aliphatic rings. The van der Waals surface area contributed by atoms with Crippen molar-refractivity contribution in [2.24, 2.45) is 5.73 Å². The van der Waals surface area contributed by atoms with E-state index in [0.717, 1.165) is 41.0 Å². The average molecular weight is 311 g/mol. The number of hydrogen-bond donors (Lipinski definition) is 2. The molecule has 0 unspecified atom stereocenters. The molecule has 7 heteroatoms. The van der Waals surface area contributed by atoms with Gasteiger partial charge in [0.05, 0.1) is 10.7 Å². The fourth-order valence-electron chi connectivity index (χ4n) is 2.34. The van der Waals surface area contributed by atoms with Crippen LogP contribution in [-0.2, 0) is 0 Å². The lowest BCUT2D eigenvalue weighted by Crippen LogP contribution is -2.28. The summed E-state index contributed by atoms with van der Waals surface area (Å²) in [6.07, 6.45) is 2.70. The third kappa shape index (κ3) is 1.65. The van der Waals surface area contributed by atoms with Crippen LogP contribution in [0, 0.1) is 6.92 Å². The van der Waals surface area contributed by atoms with Gasteiger partial charge in [-0.15, -0.1) is 0 Å². The molecule has 0 radical (unpaired) electrons. The Morgan fingerprint density at radius 2 is 2.28 bits per heavy atom. The molecule has 4 N–H and O–H groups in total. The molecule has 1 aliphatic heterocycles. The highest BCUT2D eigenvalue weighted by Crippen LogP contribution is 2.29. The van der Waals surface area contributed by atoms with Crippen LogP contribution in [-0.4, -0.2) is 33.7 Å². The van der Waals surface area contributed by atoms with Crippen molar-refractivity contribution in [2.75, 3.05) is 23.7 Å². The number of halogens is 1. The number of rotatable bonds is 1. The molecule has 0 spiro atoms. The van der Waals surface area contributed by atoms with Crippen molar-refractivity contribution in [1.82, 2.24) is 14.6 Å². The lowest BCUT2D eigenvalue weighted by molar-refractivity contribution is 0.751. The molecule has 1 fully saturated rings. The van der Waals surface area contributed by atoms with Gasteiger partial charge in [-0.3, -0.25) is 0 Å². The molecule has 3 heterocycles. The average Bonchev–Trinajstić information content (AvgIpc) is 2.91. The van der Waals surface area contributed by atoms with Gasteiger partial charge < -0.3 is 16.4 Å². The highest BCUT2D eigenvalue weighted by molar-refractivity contribution is 9.10. The third-order valence-electron chi connectivity index (χ3n) is 3.38. The van der Waals surface area contributed by atoms with Crippen molar-refractivity contribution in [3.05, 3.63) is 16.2 Å². The molecule has 3 rings (SSSR count). The molecule has 18 heavy (non-hydrogen) atoms. The summed E-state index contributed by atoms with van der Waals surface area (Å²) >= 11 is 3.44. The maximum absolute atomic E-state index is 6.12. The summed E-state index contributed by atoms with van der Waals surface area (Å²) in [5.74, 6) is 1.54. The highest BCUT2D eigenvalue weighted by atomic mass is 79.9. The molecule has 0 amide bonds. The van der Waals surface area contributed by atoms with Crippen molar-refractivity contribution in [3.63, 3.8) is 0 Å². The minimum Gasteiger partial charge on any atom is -0.383 e. The molecule has 0 aliphatic carbocycles. The zero-order valence-electron chi connectivity index (χ0n) is 10.1. The van der Waals surface area contributed by atoms with Crippen LogP contribution < -0.4 is 16.4 Å². The molecular formula is C11H15BrN6. The van der Waals surface area contributed by atoms with E-state index in [1.165, 1.54) is 0 Å². The predicted octanol–water partition coefficient (Wildman–Crippen LogP) is 0.920. The maximum Gasteiger partial charge on any atom is 0.173 e. The van der Waals surface area contributed by atoms with E-state index in [-0.39, 0.29) is 6.04 Å². The van der Waals surface area contributed by atoms with Crippen LogP contribution in [0.1, 0.15) is 12.0 Å². The topological polar surface area (TPSA) is 85.5 Å². The van der Waals surface area contributed by atoms with Gasteiger partial charge in [0.25, 0.3) is 0 Å². The molecule has 6 nitrogen and oxygen atoms in total. The highest BCUT2D eigenvalue weighted by Gasteiger charge is 2.24. The second-order valence-electron chi connectivity index (χ2n) is 4.67. The lowest BCUT2D eigenvalue weighted by atomic mass is 10.3. The summed E-state index contributed by atoms with van der Waals surface area (Å²) in [6, 6.07) is 0.219. The summed E-state index contributed by atoms with van der Waals surface area (Å²) in [5, 5.41) is 4.20. The van der Waals surface area contributed by atoms with Crippen molar-refractivity contribution >= 4 is 33.2 Å². The van der Waals surface area contributed by atoms with E-state index in [4.69, 9.17) is 11.5 Å². The molecule has 0 bridgehead atoms. The van der Waals surface area contributed by atoms with Gasteiger partial charge in [-0.05, 0) is 29.3 Å². The number of nitrogen functional groups attached to an aromatic ring is 1. The lowest BCUT2D eigenvalue weighted by Gasteiger charge is -2.20. The monoisotopic (exact) mass is 310 g/mol. The van der Waals surface area contributed by atoms with Crippen molar-refractivity contribution in [2.45, 2.75) is 19.4 Å². The largest absolute Gasteiger partial charge is 0.383 e. The fourth-order valence-corrected chi connectivity index (χ4v) is 2.69. The van der Waals surface area contributed by atoms with Crippen molar-refractivity contribution < 1.29 is 0 Å². The zero-order valence-corrected chi connectivity index (χ0v) is 11.7. The molecule has 96 valence electrons. The van der Waals surface area contributed by atoms with Crippen LogP contribution >= 0.6 is 15.9 Å². The first kappa shape index (κ1) is 11.7. The van der Waals surface area contributed by atoms with Gasteiger partial charge in [0.2, 0.25) is 0 Å². The van der Waals surface area contributed by atoms with Crippen LogP contribution in [0.5, 0.6) is 0 Å². The standard InChI is InChI=1S/C11H15BrN6/c1-6-9(14)18-11(8(12)4-15-18)16-10(6)17-3-2-7(13)5-17/h4,7H,2-3,5,13-14H2,1H3/t7-/m0/s1. The van der Waals surface area contributed by atoms with Gasteiger partial charge in [-0.25, -0.2) is 4.98 Å². The van der Waals surface area contributed by atoms with Gasteiger partial charge in [-0.2, -0.15) is 9.61 Å². The van der Waals surface area contributed by atoms with Crippen LogP contribution in [0.2, 0.25) is 0 Å². The van der Waals surface area contributed by atoms with E-state index in [2.05, 4.69) is 30.9 Å². The first-order valence-corrected chi connectivity index (χ1v) is 6.67. The summed E-state index contributed by atoms with van der Waals surface area (Å²) in [5.41, 5.74) is 13.8. The maximum atomic E-state index is 6.12. The summed E-state index contributed by atoms with van der Waals surface area (Å²) in [7, 11) is 0. The van der Waals surface area contributed by atoms with E-state index < -0.39 is 0 Å². The van der Waals surface area contributed by atoms with Crippen molar-refractivity contribution in [1.29, 1.82) is 0 Å². The van der Waals surface area contributed by atoms with Crippen molar-refractivity contribution in [3.8, 4) is 0 Å². The third-order valence-corrected chi connectivity index (χ3v) is 3.94. The normalized spacial score (nSPS) is 19.9. The second kappa shape index (κ2) is 4.10. The van der Waals surface area contributed by atoms with Gasteiger partial charge in [0, 0.05) is 24.7 Å². The Labute approximate surface area is 113 Å². The van der Waals surface area contributed by atoms with Crippen LogP contribution in [0.4, 0.5) is 11.6 Å². The quantitative estimate of drug-likeness (QED) is 0.818. The number of aromatic nitrogens is 3. The Balaban J connectivity index is 2.17. The Hall–Kier alpha value is -1.34. The first-order valence-electron chi connectivity index (χ1n) is 5.87. The van der Waals surface area contributed by atoms with Crippen LogP contribution in [0.25, 0.3) is 5.65 Å². The Kier molecular flexibility index (Phi) is 2.67. The first-order chi connectivity index (χ1) is 8.58. The molecule has 2 aromatic heterocycles. The number of fused-ring (bicyclic) bond motifs is 1. The molecule has 0 aromatic carbocycles. The van der Waals surface area contributed by atoms with Gasteiger partial charge in [0.15, 0.2) is 5.65 Å². The Morgan fingerprint density at radius 1 is 1.50 bits per heavy atom. The minimum absolute atomic E-state index is 0.219. The fraction of sp³-hybridized carbons (Fsp3) is 0.455. The zero-order chi connectivity index (χ0) is 12.9. The van der Waals surface area contributed by atoms with Gasteiger partial charge in [-0.1, -0.05) is 0 Å². The van der Waals surface area contributed by atoms with Crippen LogP contribution in [0.3, 0.4) is 0 Å². The summed E-state index contributed by atoms with van der Waals surface area (Å²) < 4.78 is 2.50. The Bertz CT molecular complexity index is 607. The molecule has 1 saturated heterocycles. The Morgan fingerprint density at radius 3 is 2.94 bits per heavy atom. The van der Waals surface area contributed by atoms with Crippen LogP contribution in [0.15, 0.2) is 10.7 Å². The van der Waals surface area contributed by atoms with E-state index in [1.54, 1.807) is 10.7 Å². The van der Waals surface area contributed by atoms with E-state index in [0.29, 0.717) is 5.82 Å². The summed E-state index contributed by atoms with van der Waals surface area (Å²) in [6.45, 7) is 3.72. The van der Waals surface area contributed by atoms with Gasteiger partial charge >= 0.3 is 0 Å². The molecular weight excluding hydrogens is 296 g/mol. The number of nitrogens with zero attached hydrogens (tertiary/aromatic N) is 4. The molecule has 2 aromatic rings. The SMILES string of the molecule is Cc1c(N2CC[C@H](N)C2)nc2c(Br)cnn2c1N. The van der Waals surface area contributed by atoms with E-state index in [1.807, 2.05) is 6.92 Å². The van der Waals surface area contributed by atoms with Gasteiger partial charge in [0.1, 0.15) is 11.6 Å². The van der Waals surface area contributed by atoms with E-state index >= 15 is 0 Å². The predicted molar refractivity (Wildman–Crippen MR) is 74.6 cm³/mol. The van der Waals surface area contributed by atoms with E-state index in [9.17, 15) is 0 Å². The number of nitrogens with two attached hydrogens (primary N) is 2. The smallest absolute Gasteiger partial charge is 0.173 e. The minimum atomic E-state index is 0.219.